The predicted molar refractivity (Wildman–Crippen MR) is 63.0 cm³/mol. The Bertz CT molecular complexity index is 256. The van der Waals surface area contributed by atoms with Crippen LogP contribution >= 0.6 is 11.6 Å². The van der Waals surface area contributed by atoms with E-state index in [1.165, 1.54) is 16.1 Å². The van der Waals surface area contributed by atoms with Crippen molar-refractivity contribution in [3.05, 3.63) is 34.9 Å². The summed E-state index contributed by atoms with van der Waals surface area (Å²) in [6, 6.07) is 7.88. The molecule has 0 saturated heterocycles. The molecule has 0 aliphatic heterocycles. The Balaban J connectivity index is 2.41. The average molecular weight is 227 g/mol. The Labute approximate surface area is 95.8 Å². The molecular formula is C11H16AlClO. The lowest BCUT2D eigenvalue weighted by atomic mass is 10.2. The van der Waals surface area contributed by atoms with Crippen LogP contribution in [0.25, 0.3) is 0 Å². The number of hydrogen-bond donors (Lipinski definition) is 0. The van der Waals surface area contributed by atoms with Gasteiger partial charge in [0.2, 0.25) is 0 Å². The fourth-order valence-corrected chi connectivity index (χ4v) is 2.92. The van der Waals surface area contributed by atoms with Gasteiger partial charge in [-0.1, -0.05) is 48.1 Å². The highest BCUT2D eigenvalue weighted by molar-refractivity contribution is 6.51. The summed E-state index contributed by atoms with van der Waals surface area (Å²) < 4.78 is 5.86. The van der Waals surface area contributed by atoms with Crippen molar-refractivity contribution >= 4 is 26.1 Å². The molecule has 0 bridgehead atoms. The van der Waals surface area contributed by atoms with Gasteiger partial charge in [0, 0.05) is 11.6 Å². The minimum absolute atomic E-state index is 0.746. The molecule has 0 N–H and O–H groups in total. The van der Waals surface area contributed by atoms with E-state index in [-0.39, 0.29) is 0 Å². The second-order valence-electron chi connectivity index (χ2n) is 3.38. The van der Waals surface area contributed by atoms with Crippen molar-refractivity contribution in [2.24, 2.45) is 0 Å². The number of halogens is 1. The average Bonchev–Trinajstić information content (AvgIpc) is 2.22. The van der Waals surface area contributed by atoms with Gasteiger partial charge in [0.1, 0.15) is 0 Å². The first-order valence-electron chi connectivity index (χ1n) is 5.12. The standard InChI is InChI=1S/C7H6ClO.2C2H5.Al/c8-7-3-1-6(5-9)2-4-7;2*1-2;/h1-4H,5H2;2*1H2,2H3;/q-1;;;+1. The van der Waals surface area contributed by atoms with Crippen molar-refractivity contribution in [1.29, 1.82) is 0 Å². The second kappa shape index (κ2) is 6.48. The fraction of sp³-hybridized carbons (Fsp3) is 0.455. The maximum Gasteiger partial charge on any atom is 0.460 e. The van der Waals surface area contributed by atoms with Crippen LogP contribution in [0.15, 0.2) is 24.3 Å². The number of rotatable bonds is 5. The molecule has 3 heteroatoms. The number of benzene rings is 1. The van der Waals surface area contributed by atoms with E-state index in [4.69, 9.17) is 15.4 Å². The molecule has 0 aliphatic carbocycles. The minimum atomic E-state index is -0.907. The summed E-state index contributed by atoms with van der Waals surface area (Å²) in [5.74, 6) is 0. The Morgan fingerprint density at radius 1 is 1.14 bits per heavy atom. The molecule has 0 aliphatic rings. The van der Waals surface area contributed by atoms with Gasteiger partial charge in [0.15, 0.2) is 0 Å². The molecule has 0 fully saturated rings. The summed E-state index contributed by atoms with van der Waals surface area (Å²) in [5.41, 5.74) is 1.22. The summed E-state index contributed by atoms with van der Waals surface area (Å²) in [5, 5.41) is 3.21. The lowest BCUT2D eigenvalue weighted by Crippen LogP contribution is -2.14. The summed E-state index contributed by atoms with van der Waals surface area (Å²) in [6.07, 6.45) is 0. The van der Waals surface area contributed by atoms with E-state index in [2.05, 4.69) is 13.8 Å². The normalized spacial score (nSPS) is 10.2. The van der Waals surface area contributed by atoms with E-state index >= 15 is 0 Å². The smallest absolute Gasteiger partial charge is 0.460 e. The van der Waals surface area contributed by atoms with Crippen LogP contribution in [-0.4, -0.2) is 14.5 Å². The molecule has 0 heterocycles. The summed E-state index contributed by atoms with van der Waals surface area (Å²) in [7, 11) is 0. The van der Waals surface area contributed by atoms with Gasteiger partial charge in [0.05, 0.1) is 0 Å². The van der Waals surface area contributed by atoms with Crippen LogP contribution < -0.4 is 0 Å². The van der Waals surface area contributed by atoms with Crippen molar-refractivity contribution in [2.75, 3.05) is 0 Å². The van der Waals surface area contributed by atoms with Crippen LogP contribution in [-0.2, 0) is 10.4 Å². The minimum Gasteiger partial charge on any atom is -0.497 e. The molecule has 14 heavy (non-hydrogen) atoms. The van der Waals surface area contributed by atoms with Gasteiger partial charge in [-0.05, 0) is 17.7 Å². The van der Waals surface area contributed by atoms with E-state index in [0.29, 0.717) is 0 Å². The SMILES string of the molecule is C[CH2][Al]([CH2]C)[O]Cc1ccc(Cl)cc1. The van der Waals surface area contributed by atoms with Gasteiger partial charge in [-0.3, -0.25) is 0 Å². The molecule has 1 rings (SSSR count). The van der Waals surface area contributed by atoms with Crippen LogP contribution in [0.3, 0.4) is 0 Å². The molecule has 0 aromatic heterocycles. The number of hydrogen-bond acceptors (Lipinski definition) is 1. The molecule has 1 nitrogen and oxygen atoms in total. The molecule has 0 spiro atoms. The Hall–Kier alpha value is 0.00247. The van der Waals surface area contributed by atoms with Crippen LogP contribution in [0, 0.1) is 0 Å². The zero-order valence-corrected chi connectivity index (χ0v) is 10.7. The second-order valence-corrected chi connectivity index (χ2v) is 7.02. The monoisotopic (exact) mass is 226 g/mol. The first-order chi connectivity index (χ1) is 6.76. The Morgan fingerprint density at radius 3 is 2.21 bits per heavy atom. The molecule has 0 amide bonds. The van der Waals surface area contributed by atoms with Crippen molar-refractivity contribution in [3.63, 3.8) is 0 Å². The zero-order chi connectivity index (χ0) is 10.4. The van der Waals surface area contributed by atoms with Crippen LogP contribution in [0.5, 0.6) is 0 Å². The maximum absolute atomic E-state index is 5.86. The summed E-state index contributed by atoms with van der Waals surface area (Å²) in [4.78, 5) is 0. The van der Waals surface area contributed by atoms with Crippen molar-refractivity contribution in [1.82, 2.24) is 0 Å². The first-order valence-corrected chi connectivity index (χ1v) is 7.60. The van der Waals surface area contributed by atoms with Crippen molar-refractivity contribution < 1.29 is 3.79 Å². The summed E-state index contributed by atoms with van der Waals surface area (Å²) >= 11 is 4.89. The highest BCUT2D eigenvalue weighted by Crippen LogP contribution is 2.11. The van der Waals surface area contributed by atoms with Crippen molar-refractivity contribution in [3.8, 4) is 0 Å². The van der Waals surface area contributed by atoms with E-state index in [1.807, 2.05) is 24.3 Å². The first kappa shape index (κ1) is 12.1. The lowest BCUT2D eigenvalue weighted by molar-refractivity contribution is 0.308. The van der Waals surface area contributed by atoms with E-state index in [0.717, 1.165) is 11.6 Å². The summed E-state index contributed by atoms with van der Waals surface area (Å²) in [6.45, 7) is 5.17. The molecular weight excluding hydrogens is 211 g/mol. The Kier molecular flexibility index (Phi) is 5.59. The Morgan fingerprint density at radius 2 is 1.71 bits per heavy atom. The molecule has 0 atom stereocenters. The molecule has 76 valence electrons. The molecule has 1 aromatic carbocycles. The largest absolute Gasteiger partial charge is 0.497 e. The van der Waals surface area contributed by atoms with Crippen LogP contribution in [0.1, 0.15) is 19.4 Å². The molecule has 0 unspecified atom stereocenters. The fourth-order valence-electron chi connectivity index (χ4n) is 1.32. The third kappa shape index (κ3) is 4.02. The van der Waals surface area contributed by atoms with Gasteiger partial charge < -0.3 is 3.79 Å². The van der Waals surface area contributed by atoms with Gasteiger partial charge in [-0.2, -0.15) is 0 Å². The third-order valence-electron chi connectivity index (χ3n) is 2.31. The lowest BCUT2D eigenvalue weighted by Gasteiger charge is -2.09. The predicted octanol–water partition coefficient (Wildman–Crippen LogP) is 3.89. The third-order valence-corrected chi connectivity index (χ3v) is 5.02. The topological polar surface area (TPSA) is 9.23 Å². The highest BCUT2D eigenvalue weighted by Gasteiger charge is 2.14. The van der Waals surface area contributed by atoms with Gasteiger partial charge in [0.25, 0.3) is 0 Å². The molecule has 0 saturated carbocycles. The maximum atomic E-state index is 5.86. The van der Waals surface area contributed by atoms with E-state index in [9.17, 15) is 0 Å². The van der Waals surface area contributed by atoms with E-state index in [1.54, 1.807) is 0 Å². The molecule has 0 radical (unpaired) electrons. The van der Waals surface area contributed by atoms with E-state index < -0.39 is 14.5 Å². The van der Waals surface area contributed by atoms with Gasteiger partial charge in [-0.25, -0.2) is 0 Å². The molecule has 1 aromatic rings. The zero-order valence-electron chi connectivity index (χ0n) is 8.79. The van der Waals surface area contributed by atoms with Crippen molar-refractivity contribution in [2.45, 2.75) is 31.0 Å². The van der Waals surface area contributed by atoms with Gasteiger partial charge >= 0.3 is 14.5 Å². The van der Waals surface area contributed by atoms with Crippen LogP contribution in [0.2, 0.25) is 15.6 Å². The van der Waals surface area contributed by atoms with Gasteiger partial charge in [-0.15, -0.1) is 0 Å². The quantitative estimate of drug-likeness (QED) is 0.693. The highest BCUT2D eigenvalue weighted by atomic mass is 35.5. The van der Waals surface area contributed by atoms with Crippen LogP contribution in [0.4, 0.5) is 0 Å².